The molecule has 0 aliphatic rings. The predicted molar refractivity (Wildman–Crippen MR) is 55.1 cm³/mol. The van der Waals surface area contributed by atoms with Gasteiger partial charge in [-0.15, -0.1) is 24.9 Å². The van der Waals surface area contributed by atoms with E-state index in [9.17, 15) is 13.2 Å². The topological polar surface area (TPSA) is 29.5 Å². The second-order valence-corrected chi connectivity index (χ2v) is 4.11. The highest BCUT2D eigenvalue weighted by atomic mass is 32.2. The molecule has 0 fully saturated rings. The lowest BCUT2D eigenvalue weighted by atomic mass is 10.2. The molecule has 0 heterocycles. The van der Waals surface area contributed by atoms with Crippen molar-refractivity contribution in [1.82, 2.24) is 0 Å². The quantitative estimate of drug-likeness (QED) is 0.645. The normalized spacial score (nSPS) is 11.8. The summed E-state index contributed by atoms with van der Waals surface area (Å²) in [5.74, 6) is 0.234. The van der Waals surface area contributed by atoms with Gasteiger partial charge in [0.25, 0.3) is 0 Å². The highest BCUT2D eigenvalue weighted by Gasteiger charge is 2.28. The van der Waals surface area contributed by atoms with E-state index in [-0.39, 0.29) is 19.0 Å². The Bertz CT molecular complexity index is 311. The fourth-order valence-corrected chi connectivity index (χ4v) is 1.74. The third kappa shape index (κ3) is 5.39. The molecule has 0 saturated carbocycles. The Kier molecular flexibility index (Phi) is 5.11. The number of aliphatic hydroxyl groups excluding tert-OH is 1. The number of thioether (sulfide) groups is 1. The highest BCUT2D eigenvalue weighted by Crippen LogP contribution is 2.21. The summed E-state index contributed by atoms with van der Waals surface area (Å²) in [5, 5.41) is 8.78. The van der Waals surface area contributed by atoms with Crippen LogP contribution in [0.4, 0.5) is 13.2 Å². The molecule has 1 aromatic carbocycles. The minimum Gasteiger partial charge on any atom is -0.392 e. The van der Waals surface area contributed by atoms with Gasteiger partial charge in [-0.1, -0.05) is 12.1 Å². The van der Waals surface area contributed by atoms with E-state index in [1.54, 1.807) is 24.3 Å². The van der Waals surface area contributed by atoms with Gasteiger partial charge in [-0.05, 0) is 17.7 Å². The van der Waals surface area contributed by atoms with Crippen LogP contribution < -0.4 is 0 Å². The summed E-state index contributed by atoms with van der Waals surface area (Å²) in [6.07, 6.45) is -4.55. The number of hydrogen-bond donors (Lipinski definition) is 1. The van der Waals surface area contributed by atoms with Gasteiger partial charge in [0, 0.05) is 10.6 Å². The maximum atomic E-state index is 11.6. The van der Waals surface area contributed by atoms with Gasteiger partial charge in [-0.3, -0.25) is 4.74 Å². The zero-order valence-corrected chi connectivity index (χ0v) is 9.14. The summed E-state index contributed by atoms with van der Waals surface area (Å²) in [7, 11) is 0. The second kappa shape index (κ2) is 6.12. The first kappa shape index (κ1) is 13.3. The van der Waals surface area contributed by atoms with Crippen LogP contribution in [-0.2, 0) is 11.3 Å². The van der Waals surface area contributed by atoms with Crippen LogP contribution >= 0.6 is 11.8 Å². The van der Waals surface area contributed by atoms with Crippen LogP contribution in [0.1, 0.15) is 5.56 Å². The monoisotopic (exact) mass is 252 g/mol. The number of halogens is 3. The first-order valence-electron chi connectivity index (χ1n) is 4.54. The molecule has 0 atom stereocenters. The van der Waals surface area contributed by atoms with Crippen LogP contribution in [0.25, 0.3) is 0 Å². The lowest BCUT2D eigenvalue weighted by Crippen LogP contribution is -2.15. The van der Waals surface area contributed by atoms with Gasteiger partial charge in [-0.25, -0.2) is 0 Å². The number of benzene rings is 1. The number of rotatable bonds is 5. The summed E-state index contributed by atoms with van der Waals surface area (Å²) >= 11 is 1.27. The largest absolute Gasteiger partial charge is 0.522 e. The molecular weight excluding hydrogens is 241 g/mol. The maximum Gasteiger partial charge on any atom is 0.522 e. The van der Waals surface area contributed by atoms with Gasteiger partial charge >= 0.3 is 6.36 Å². The molecule has 6 heteroatoms. The summed E-state index contributed by atoms with van der Waals surface area (Å²) in [4.78, 5) is 0.850. The molecular formula is C10H11F3O2S. The van der Waals surface area contributed by atoms with Crippen molar-refractivity contribution < 1.29 is 23.0 Å². The fraction of sp³-hybridized carbons (Fsp3) is 0.400. The van der Waals surface area contributed by atoms with Gasteiger partial charge in [0.1, 0.15) is 0 Å². The van der Waals surface area contributed by atoms with Crippen molar-refractivity contribution >= 4 is 11.8 Å². The standard InChI is InChI=1S/C10H11F3O2S/c11-10(12,13)15-5-6-16-9-3-1-8(7-14)2-4-9/h1-4,14H,5-7H2. The van der Waals surface area contributed by atoms with Crippen molar-refractivity contribution in [2.75, 3.05) is 12.4 Å². The molecule has 0 spiro atoms. The molecule has 1 aromatic rings. The van der Waals surface area contributed by atoms with Crippen LogP contribution in [0.5, 0.6) is 0 Å². The fourth-order valence-electron chi connectivity index (χ4n) is 1.01. The van der Waals surface area contributed by atoms with Crippen molar-refractivity contribution in [1.29, 1.82) is 0 Å². The Morgan fingerprint density at radius 2 is 1.81 bits per heavy atom. The van der Waals surface area contributed by atoms with Crippen molar-refractivity contribution in [2.45, 2.75) is 17.9 Å². The summed E-state index contributed by atoms with van der Waals surface area (Å²) in [6.45, 7) is -0.405. The molecule has 0 amide bonds. The van der Waals surface area contributed by atoms with Crippen LogP contribution in [-0.4, -0.2) is 23.8 Å². The SMILES string of the molecule is OCc1ccc(SCCOC(F)(F)F)cc1. The van der Waals surface area contributed by atoms with E-state index in [4.69, 9.17) is 5.11 Å². The Morgan fingerprint density at radius 1 is 1.19 bits per heavy atom. The average Bonchev–Trinajstić information content (AvgIpc) is 2.24. The van der Waals surface area contributed by atoms with Gasteiger partial charge in [0.15, 0.2) is 0 Å². The van der Waals surface area contributed by atoms with Crippen LogP contribution in [0, 0.1) is 0 Å². The Morgan fingerprint density at radius 3 is 2.31 bits per heavy atom. The van der Waals surface area contributed by atoms with Crippen molar-refractivity contribution in [2.24, 2.45) is 0 Å². The van der Waals surface area contributed by atoms with Crippen LogP contribution in [0.3, 0.4) is 0 Å². The summed E-state index contributed by atoms with van der Waals surface area (Å²) < 4.78 is 38.5. The predicted octanol–water partition coefficient (Wildman–Crippen LogP) is 2.81. The minimum absolute atomic E-state index is 0.0396. The molecule has 90 valence electrons. The summed E-state index contributed by atoms with van der Waals surface area (Å²) in [6, 6.07) is 6.97. The lowest BCUT2D eigenvalue weighted by Gasteiger charge is -2.07. The van der Waals surface area contributed by atoms with Crippen LogP contribution in [0.2, 0.25) is 0 Å². The van der Waals surface area contributed by atoms with E-state index in [1.165, 1.54) is 11.8 Å². The maximum absolute atomic E-state index is 11.6. The molecule has 0 aliphatic carbocycles. The Hall–Kier alpha value is -0.720. The van der Waals surface area contributed by atoms with Crippen molar-refractivity contribution in [3.63, 3.8) is 0 Å². The molecule has 1 N–H and O–H groups in total. The average molecular weight is 252 g/mol. The lowest BCUT2D eigenvalue weighted by molar-refractivity contribution is -0.322. The zero-order chi connectivity index (χ0) is 12.0. The third-order valence-electron chi connectivity index (χ3n) is 1.72. The molecule has 16 heavy (non-hydrogen) atoms. The molecule has 0 aromatic heterocycles. The number of hydrogen-bond acceptors (Lipinski definition) is 3. The van der Waals surface area contributed by atoms with E-state index in [1.807, 2.05) is 0 Å². The molecule has 0 saturated heterocycles. The molecule has 0 aliphatic heterocycles. The van der Waals surface area contributed by atoms with Gasteiger partial charge in [-0.2, -0.15) is 0 Å². The molecule has 2 nitrogen and oxygen atoms in total. The zero-order valence-electron chi connectivity index (χ0n) is 8.33. The first-order valence-corrected chi connectivity index (χ1v) is 5.53. The number of ether oxygens (including phenoxy) is 1. The van der Waals surface area contributed by atoms with E-state index in [0.717, 1.165) is 10.5 Å². The third-order valence-corrected chi connectivity index (χ3v) is 2.70. The Labute approximate surface area is 95.4 Å². The Balaban J connectivity index is 2.27. The van der Waals surface area contributed by atoms with E-state index in [2.05, 4.69) is 4.74 Å². The number of aliphatic hydroxyl groups is 1. The minimum atomic E-state index is -4.55. The van der Waals surface area contributed by atoms with Crippen molar-refractivity contribution in [3.8, 4) is 0 Å². The van der Waals surface area contributed by atoms with Crippen molar-refractivity contribution in [3.05, 3.63) is 29.8 Å². The van der Waals surface area contributed by atoms with Gasteiger partial charge in [0.2, 0.25) is 0 Å². The molecule has 0 unspecified atom stereocenters. The van der Waals surface area contributed by atoms with Crippen LogP contribution in [0.15, 0.2) is 29.2 Å². The molecule has 1 rings (SSSR count). The number of alkyl halides is 3. The molecule has 0 bridgehead atoms. The highest BCUT2D eigenvalue weighted by molar-refractivity contribution is 7.99. The van der Waals surface area contributed by atoms with E-state index in [0.29, 0.717) is 0 Å². The first-order chi connectivity index (χ1) is 7.51. The molecule has 0 radical (unpaired) electrons. The smallest absolute Gasteiger partial charge is 0.392 e. The van der Waals surface area contributed by atoms with Gasteiger partial charge in [0.05, 0.1) is 13.2 Å². The van der Waals surface area contributed by atoms with Gasteiger partial charge < -0.3 is 5.11 Å². The van der Waals surface area contributed by atoms with E-state index >= 15 is 0 Å². The summed E-state index contributed by atoms with van der Waals surface area (Å²) in [5.41, 5.74) is 0.774. The second-order valence-electron chi connectivity index (χ2n) is 2.94. The van der Waals surface area contributed by atoms with E-state index < -0.39 is 6.36 Å².